The van der Waals surface area contributed by atoms with Gasteiger partial charge in [-0.1, -0.05) is 0 Å². The molecule has 0 unspecified atom stereocenters. The van der Waals surface area contributed by atoms with E-state index in [1.54, 1.807) is 26.7 Å². The van der Waals surface area contributed by atoms with E-state index in [4.69, 9.17) is 9.59 Å². The van der Waals surface area contributed by atoms with E-state index in [-0.39, 0.29) is 6.03 Å². The molecule has 0 aliphatic carbocycles. The normalized spacial score (nSPS) is 17.8. The molecular formula is C6H13IN2O3Si. The minimum Gasteiger partial charge on any atom is -0.403 e. The summed E-state index contributed by atoms with van der Waals surface area (Å²) in [4.78, 5) is 31.0. The maximum absolute atomic E-state index is 11.0. The highest BCUT2D eigenvalue weighted by atomic mass is 127. The smallest absolute Gasteiger partial charge is 0.402 e. The fourth-order valence-corrected chi connectivity index (χ4v) is 2.97. The zero-order valence-electron chi connectivity index (χ0n) is 7.16. The van der Waals surface area contributed by atoms with Gasteiger partial charge in [0, 0.05) is 25.7 Å². The Morgan fingerprint density at radius 3 is 2.77 bits per heavy atom. The van der Waals surface area contributed by atoms with E-state index in [0.29, 0.717) is 25.6 Å². The van der Waals surface area contributed by atoms with E-state index in [1.807, 2.05) is 0 Å². The van der Waals surface area contributed by atoms with Crippen molar-refractivity contribution in [1.82, 2.24) is 10.2 Å². The maximum atomic E-state index is 11.0. The predicted molar refractivity (Wildman–Crippen MR) is 58.6 cm³/mol. The number of urea groups is 1. The molecule has 0 atom stereocenters. The van der Waals surface area contributed by atoms with E-state index in [0.717, 1.165) is 6.54 Å². The lowest BCUT2D eigenvalue weighted by Gasteiger charge is -2.15. The predicted octanol–water partition coefficient (Wildman–Crippen LogP) is -0.240. The lowest BCUT2D eigenvalue weighted by atomic mass is 10.4. The Labute approximate surface area is 90.6 Å². The van der Waals surface area contributed by atoms with Gasteiger partial charge in [-0.2, -0.15) is 0 Å². The van der Waals surface area contributed by atoms with Gasteiger partial charge in [0.05, 0.1) is 0 Å². The van der Waals surface area contributed by atoms with Gasteiger partial charge in [0.2, 0.25) is 0 Å². The second-order valence-electron chi connectivity index (χ2n) is 3.04. The van der Waals surface area contributed by atoms with Crippen LogP contribution in [0.2, 0.25) is 6.04 Å². The molecule has 0 aromatic heterocycles. The van der Waals surface area contributed by atoms with Gasteiger partial charge in [-0.15, -0.1) is 0 Å². The molecule has 1 rings (SSSR count). The Morgan fingerprint density at radius 1 is 1.62 bits per heavy atom. The Kier molecular flexibility index (Phi) is 3.95. The van der Waals surface area contributed by atoms with Crippen LogP contribution in [0.25, 0.3) is 0 Å². The average Bonchev–Trinajstić information content (AvgIpc) is 2.34. The van der Waals surface area contributed by atoms with Gasteiger partial charge in [-0.3, -0.25) is 0 Å². The highest BCUT2D eigenvalue weighted by Gasteiger charge is 2.25. The van der Waals surface area contributed by atoms with Crippen LogP contribution in [-0.4, -0.2) is 46.2 Å². The molecule has 0 aromatic rings. The molecule has 1 aliphatic rings. The largest absolute Gasteiger partial charge is 0.403 e. The first-order valence-corrected chi connectivity index (χ1v) is 9.37. The monoisotopic (exact) mass is 316 g/mol. The molecule has 7 heteroatoms. The number of halogens is 1. The summed E-state index contributed by atoms with van der Waals surface area (Å²) >= 11 is 1.70. The molecule has 1 saturated heterocycles. The van der Waals surface area contributed by atoms with Crippen LogP contribution in [0, 0.1) is 0 Å². The minimum absolute atomic E-state index is 0.0448. The number of nitrogens with one attached hydrogen (secondary N) is 1. The van der Waals surface area contributed by atoms with Crippen molar-refractivity contribution in [3.05, 3.63) is 0 Å². The van der Waals surface area contributed by atoms with Gasteiger partial charge in [0.25, 0.3) is 0 Å². The molecule has 1 aliphatic heterocycles. The highest BCUT2D eigenvalue weighted by molar-refractivity contribution is 14.1. The van der Waals surface area contributed by atoms with E-state index in [2.05, 4.69) is 5.32 Å². The van der Waals surface area contributed by atoms with E-state index >= 15 is 0 Å². The first-order chi connectivity index (χ1) is 5.99. The molecule has 0 bridgehead atoms. The van der Waals surface area contributed by atoms with Gasteiger partial charge in [0.1, 0.15) is 0 Å². The molecule has 13 heavy (non-hydrogen) atoms. The zero-order chi connectivity index (χ0) is 9.90. The van der Waals surface area contributed by atoms with Crippen LogP contribution >= 0.6 is 21.8 Å². The quantitative estimate of drug-likeness (QED) is 0.381. The van der Waals surface area contributed by atoms with Crippen LogP contribution in [0.3, 0.4) is 0 Å². The molecule has 0 saturated carbocycles. The molecule has 1 heterocycles. The summed E-state index contributed by atoms with van der Waals surface area (Å²) in [6.45, 7) is 2.04. The molecule has 1 fully saturated rings. The van der Waals surface area contributed by atoms with Crippen molar-refractivity contribution in [2.24, 2.45) is 0 Å². The van der Waals surface area contributed by atoms with E-state index in [9.17, 15) is 4.79 Å². The van der Waals surface area contributed by atoms with Crippen molar-refractivity contribution in [1.29, 1.82) is 0 Å². The van der Waals surface area contributed by atoms with Gasteiger partial charge in [-0.25, -0.2) is 4.79 Å². The second-order valence-corrected chi connectivity index (χ2v) is 10.2. The lowest BCUT2D eigenvalue weighted by Crippen LogP contribution is -2.31. The van der Waals surface area contributed by atoms with Crippen molar-refractivity contribution < 1.29 is 14.4 Å². The molecular weight excluding hydrogens is 303 g/mol. The van der Waals surface area contributed by atoms with Crippen LogP contribution < -0.4 is 5.32 Å². The molecule has 2 amide bonds. The Balaban J connectivity index is 2.16. The summed E-state index contributed by atoms with van der Waals surface area (Å²) in [5.74, 6) is 0. The van der Waals surface area contributed by atoms with Crippen LogP contribution in [-0.2, 0) is 0 Å². The molecule has 0 aromatic carbocycles. The first kappa shape index (κ1) is 11.2. The number of hydrogen-bond donors (Lipinski definition) is 3. The number of nitrogens with zero attached hydrogens (tertiary/aromatic N) is 1. The highest BCUT2D eigenvalue weighted by Crippen LogP contribution is 2.13. The Bertz CT molecular complexity index is 197. The minimum atomic E-state index is -2.94. The Hall–Kier alpha value is 0.137. The van der Waals surface area contributed by atoms with Crippen LogP contribution in [0.1, 0.15) is 6.42 Å². The number of rotatable bonds is 4. The summed E-state index contributed by atoms with van der Waals surface area (Å²) in [6.07, 6.45) is 0.662. The number of carbonyl (C=O) groups is 1. The molecule has 76 valence electrons. The van der Waals surface area contributed by atoms with Crippen molar-refractivity contribution in [3.63, 3.8) is 0 Å². The van der Waals surface area contributed by atoms with Crippen LogP contribution in [0.4, 0.5) is 4.79 Å². The fraction of sp³-hybridized carbons (Fsp3) is 0.833. The van der Waals surface area contributed by atoms with E-state index in [1.165, 1.54) is 0 Å². The molecule has 3 N–H and O–H groups in total. The molecule has 0 radical (unpaired) electrons. The van der Waals surface area contributed by atoms with Crippen LogP contribution in [0.15, 0.2) is 0 Å². The maximum Gasteiger partial charge on any atom is 0.402 e. The first-order valence-electron chi connectivity index (χ1n) is 4.15. The average molecular weight is 316 g/mol. The second kappa shape index (κ2) is 4.58. The topological polar surface area (TPSA) is 72.8 Å². The third kappa shape index (κ3) is 4.25. The SMILES string of the molecule is O=C1NCCN1CCC[Si](O)(O)I. The summed E-state index contributed by atoms with van der Waals surface area (Å²) < 4.78 is 0. The summed E-state index contributed by atoms with van der Waals surface area (Å²) in [5, 5.41) is 2.69. The van der Waals surface area contributed by atoms with Crippen molar-refractivity contribution in [2.75, 3.05) is 19.6 Å². The standard InChI is InChI=1S/C6H13IN2O3Si/c7-13(11,12)5-1-3-9-4-2-8-6(9)10/h11-12H,1-5H2,(H,8,10). The number of amides is 2. The number of hydrogen-bond acceptors (Lipinski definition) is 3. The van der Waals surface area contributed by atoms with Gasteiger partial charge < -0.3 is 19.8 Å². The van der Waals surface area contributed by atoms with Crippen molar-refractivity contribution in [3.8, 4) is 0 Å². The van der Waals surface area contributed by atoms with Crippen LogP contribution in [0.5, 0.6) is 0 Å². The lowest BCUT2D eigenvalue weighted by molar-refractivity contribution is 0.217. The summed E-state index contributed by atoms with van der Waals surface area (Å²) in [5.41, 5.74) is 0. The molecule has 5 nitrogen and oxygen atoms in total. The molecule has 0 spiro atoms. The van der Waals surface area contributed by atoms with Crippen molar-refractivity contribution in [2.45, 2.75) is 12.5 Å². The van der Waals surface area contributed by atoms with Gasteiger partial charge in [0.15, 0.2) is 0 Å². The van der Waals surface area contributed by atoms with E-state index < -0.39 is 6.06 Å². The number of carbonyl (C=O) groups excluding carboxylic acids is 1. The third-order valence-electron chi connectivity index (χ3n) is 1.87. The third-order valence-corrected chi connectivity index (χ3v) is 4.48. The summed E-state index contributed by atoms with van der Waals surface area (Å²) in [6, 6.07) is -2.57. The van der Waals surface area contributed by atoms with Crippen molar-refractivity contribution >= 4 is 33.9 Å². The Morgan fingerprint density at radius 2 is 2.31 bits per heavy atom. The fourth-order valence-electron chi connectivity index (χ4n) is 1.22. The summed E-state index contributed by atoms with van der Waals surface area (Å²) in [7, 11) is 0. The van der Waals surface area contributed by atoms with Gasteiger partial charge in [-0.05, 0) is 28.2 Å². The van der Waals surface area contributed by atoms with Gasteiger partial charge >= 0.3 is 12.1 Å². The zero-order valence-corrected chi connectivity index (χ0v) is 10.3.